The lowest BCUT2D eigenvalue weighted by molar-refractivity contribution is 0.104. The second-order valence-corrected chi connectivity index (χ2v) is 12.9. The maximum Gasteiger partial charge on any atom is 0.104 e. The van der Waals surface area contributed by atoms with Gasteiger partial charge in [0.1, 0.15) is 12.2 Å². The average molecular weight is 673 g/mol. The van der Waals surface area contributed by atoms with Crippen LogP contribution in [0.4, 0.5) is 11.4 Å². The number of rotatable bonds is 19. The minimum atomic E-state index is 0.264. The van der Waals surface area contributed by atoms with Crippen LogP contribution in [0.5, 0.6) is 0 Å². The number of hydrogen-bond acceptors (Lipinski definition) is 6. The van der Waals surface area contributed by atoms with E-state index in [1.807, 2.05) is 0 Å². The third-order valence-electron chi connectivity index (χ3n) is 9.47. The van der Waals surface area contributed by atoms with E-state index in [-0.39, 0.29) is 12.2 Å². The molecule has 0 radical (unpaired) electrons. The number of nitrogens with zero attached hydrogens (tertiary/aromatic N) is 2. The summed E-state index contributed by atoms with van der Waals surface area (Å²) < 4.78 is 22.4. The largest absolute Gasteiger partial charge is 0.374 e. The quantitative estimate of drug-likeness (QED) is 0.0734. The molecule has 2 aliphatic rings. The molecular formula is C44H52N2O4. The van der Waals surface area contributed by atoms with Gasteiger partial charge in [-0.1, -0.05) is 84.9 Å². The van der Waals surface area contributed by atoms with Crippen LogP contribution in [0.3, 0.4) is 0 Å². The molecule has 0 saturated carbocycles. The standard InChI is InChI=1S/C44H52N2O4/c1-5-45(6-2)39-13-9-11-37(25-39)44(38-12-10-14-40(26-38)46(7-3)8-4)24-23-43(35-19-15-33(16-20-35)27-47-29-41-31-49-41)36-21-17-34(18-22-36)28-48-30-42-32-50-42/h9-26,41-42H,5-8,27-32H2,1-4H3. The Morgan fingerprint density at radius 2 is 0.940 bits per heavy atom. The number of epoxide rings is 2. The molecule has 2 unspecified atom stereocenters. The molecule has 4 aromatic rings. The van der Waals surface area contributed by atoms with Gasteiger partial charge in [-0.15, -0.1) is 0 Å². The van der Waals surface area contributed by atoms with E-state index in [4.69, 9.17) is 18.9 Å². The molecule has 2 atom stereocenters. The van der Waals surface area contributed by atoms with Gasteiger partial charge in [-0.25, -0.2) is 0 Å². The summed E-state index contributed by atoms with van der Waals surface area (Å²) >= 11 is 0. The van der Waals surface area contributed by atoms with Gasteiger partial charge in [-0.05, 0) is 96.5 Å². The molecule has 0 amide bonds. The molecule has 6 rings (SSSR count). The monoisotopic (exact) mass is 672 g/mol. The van der Waals surface area contributed by atoms with Crippen LogP contribution in [-0.2, 0) is 32.2 Å². The fourth-order valence-electron chi connectivity index (χ4n) is 6.31. The Bertz CT molecular complexity index is 1590. The molecule has 6 heteroatoms. The van der Waals surface area contributed by atoms with Crippen LogP contribution in [0, 0.1) is 0 Å². The number of hydrogen-bond donors (Lipinski definition) is 0. The summed E-state index contributed by atoms with van der Waals surface area (Å²) in [7, 11) is 0. The van der Waals surface area contributed by atoms with E-state index in [1.54, 1.807) is 0 Å². The molecule has 0 N–H and O–H groups in total. The van der Waals surface area contributed by atoms with Gasteiger partial charge in [-0.3, -0.25) is 0 Å². The van der Waals surface area contributed by atoms with E-state index in [9.17, 15) is 0 Å². The van der Waals surface area contributed by atoms with Gasteiger partial charge in [0.2, 0.25) is 0 Å². The summed E-state index contributed by atoms with van der Waals surface area (Å²) in [6, 6.07) is 35.5. The lowest BCUT2D eigenvalue weighted by Crippen LogP contribution is -2.22. The third kappa shape index (κ3) is 9.73. The molecular weight excluding hydrogens is 620 g/mol. The Kier molecular flexibility index (Phi) is 12.6. The second kappa shape index (κ2) is 17.6. The highest BCUT2D eigenvalue weighted by molar-refractivity contribution is 5.87. The van der Waals surface area contributed by atoms with Crippen molar-refractivity contribution in [3.05, 3.63) is 143 Å². The lowest BCUT2D eigenvalue weighted by Gasteiger charge is -2.23. The van der Waals surface area contributed by atoms with Gasteiger partial charge >= 0.3 is 0 Å². The zero-order chi connectivity index (χ0) is 34.7. The molecule has 50 heavy (non-hydrogen) atoms. The van der Waals surface area contributed by atoms with Crippen molar-refractivity contribution in [1.82, 2.24) is 0 Å². The van der Waals surface area contributed by atoms with Crippen molar-refractivity contribution in [3.8, 4) is 0 Å². The predicted octanol–water partition coefficient (Wildman–Crippen LogP) is 8.77. The predicted molar refractivity (Wildman–Crippen MR) is 206 cm³/mol. The molecule has 4 aromatic carbocycles. The Hall–Kier alpha value is -4.20. The number of benzene rings is 4. The molecule has 0 aliphatic carbocycles. The maximum atomic E-state index is 5.88. The van der Waals surface area contributed by atoms with Gasteiger partial charge in [0.25, 0.3) is 0 Å². The summed E-state index contributed by atoms with van der Waals surface area (Å²) in [6.45, 7) is 16.8. The molecule has 262 valence electrons. The smallest absolute Gasteiger partial charge is 0.104 e. The first kappa shape index (κ1) is 35.6. The van der Waals surface area contributed by atoms with E-state index in [1.165, 1.54) is 28.1 Å². The normalized spacial score (nSPS) is 16.1. The zero-order valence-corrected chi connectivity index (χ0v) is 30.1. The number of anilines is 2. The summed E-state index contributed by atoms with van der Waals surface area (Å²) in [5.41, 5.74) is 11.8. The Morgan fingerprint density at radius 1 is 0.560 bits per heavy atom. The van der Waals surface area contributed by atoms with Crippen molar-refractivity contribution in [3.63, 3.8) is 0 Å². The van der Waals surface area contributed by atoms with Crippen LogP contribution in [0.1, 0.15) is 61.1 Å². The van der Waals surface area contributed by atoms with Crippen molar-refractivity contribution in [1.29, 1.82) is 0 Å². The van der Waals surface area contributed by atoms with E-state index in [2.05, 4.69) is 147 Å². The van der Waals surface area contributed by atoms with Gasteiger partial charge in [0, 0.05) is 37.6 Å². The first-order valence-electron chi connectivity index (χ1n) is 18.3. The highest BCUT2D eigenvalue weighted by atomic mass is 16.6. The van der Waals surface area contributed by atoms with Crippen molar-refractivity contribution < 1.29 is 18.9 Å². The van der Waals surface area contributed by atoms with Crippen molar-refractivity contribution >= 4 is 22.5 Å². The van der Waals surface area contributed by atoms with Crippen LogP contribution in [0.25, 0.3) is 11.1 Å². The maximum absolute atomic E-state index is 5.88. The van der Waals surface area contributed by atoms with E-state index < -0.39 is 0 Å². The molecule has 6 nitrogen and oxygen atoms in total. The fourth-order valence-corrected chi connectivity index (χ4v) is 6.31. The fraction of sp³-hybridized carbons (Fsp3) is 0.364. The van der Waals surface area contributed by atoms with E-state index >= 15 is 0 Å². The third-order valence-corrected chi connectivity index (χ3v) is 9.47. The molecule has 2 heterocycles. The van der Waals surface area contributed by atoms with Gasteiger partial charge in [0.15, 0.2) is 0 Å². The first-order chi connectivity index (χ1) is 24.6. The second-order valence-electron chi connectivity index (χ2n) is 12.9. The Labute approximate surface area is 298 Å². The van der Waals surface area contributed by atoms with Gasteiger partial charge in [0.05, 0.1) is 39.6 Å². The molecule has 2 saturated heterocycles. The zero-order valence-electron chi connectivity index (χ0n) is 30.1. The SMILES string of the molecule is CCN(CC)c1cccc(C(=CC=C(c2ccc(COCC3CO3)cc2)c2ccc(COCC3CO3)cc2)c2cccc(N(CC)CC)c2)c1. The van der Waals surface area contributed by atoms with Gasteiger partial charge < -0.3 is 28.7 Å². The average Bonchev–Trinajstić information content (AvgIpc) is 4.10. The summed E-state index contributed by atoms with van der Waals surface area (Å²) in [6.07, 6.45) is 5.12. The van der Waals surface area contributed by atoms with Crippen LogP contribution in [0.2, 0.25) is 0 Å². The minimum absolute atomic E-state index is 0.264. The van der Waals surface area contributed by atoms with E-state index in [0.717, 1.165) is 67.2 Å². The molecule has 0 aromatic heterocycles. The number of allylic oxidation sites excluding steroid dienone is 2. The van der Waals surface area contributed by atoms with Gasteiger partial charge in [-0.2, -0.15) is 0 Å². The summed E-state index contributed by atoms with van der Waals surface area (Å²) in [5, 5.41) is 0. The highest BCUT2D eigenvalue weighted by Gasteiger charge is 2.23. The summed E-state index contributed by atoms with van der Waals surface area (Å²) in [5.74, 6) is 0. The van der Waals surface area contributed by atoms with Crippen molar-refractivity contribution in [2.75, 3.05) is 62.4 Å². The van der Waals surface area contributed by atoms with Crippen LogP contribution < -0.4 is 9.80 Å². The van der Waals surface area contributed by atoms with Crippen LogP contribution in [0.15, 0.2) is 109 Å². The topological polar surface area (TPSA) is 50.0 Å². The molecule has 0 bridgehead atoms. The van der Waals surface area contributed by atoms with Crippen LogP contribution >= 0.6 is 0 Å². The van der Waals surface area contributed by atoms with Crippen molar-refractivity contribution in [2.45, 2.75) is 53.1 Å². The Balaban J connectivity index is 1.39. The highest BCUT2D eigenvalue weighted by Crippen LogP contribution is 2.32. The van der Waals surface area contributed by atoms with Crippen molar-refractivity contribution in [2.24, 2.45) is 0 Å². The number of ether oxygens (including phenoxy) is 4. The molecule has 2 aliphatic heterocycles. The molecule has 0 spiro atoms. The van der Waals surface area contributed by atoms with Crippen LogP contribution in [-0.4, -0.2) is 64.8 Å². The minimum Gasteiger partial charge on any atom is -0.374 e. The summed E-state index contributed by atoms with van der Waals surface area (Å²) in [4.78, 5) is 4.81. The first-order valence-corrected chi connectivity index (χ1v) is 18.3. The Morgan fingerprint density at radius 3 is 1.30 bits per heavy atom. The lowest BCUT2D eigenvalue weighted by atomic mass is 9.92. The molecule has 2 fully saturated rings. The van der Waals surface area contributed by atoms with E-state index in [0.29, 0.717) is 26.4 Å².